The van der Waals surface area contributed by atoms with Crippen molar-refractivity contribution in [3.8, 4) is 5.75 Å². The first-order valence-corrected chi connectivity index (χ1v) is 9.77. The van der Waals surface area contributed by atoms with E-state index < -0.39 is 0 Å². The lowest BCUT2D eigenvalue weighted by molar-refractivity contribution is -0.0172. The molecular formula is C18H28FN3O2S. The molecule has 0 saturated carbocycles. The molecule has 0 atom stereocenters. The minimum absolute atomic E-state index is 0.0951. The number of halogens is 1. The Morgan fingerprint density at radius 3 is 2.88 bits per heavy atom. The lowest BCUT2D eigenvalue weighted by atomic mass is 10.1. The number of nitrogens with zero attached hydrogens (tertiary/aromatic N) is 1. The Bertz CT molecular complexity index is 608. The minimum atomic E-state index is -0.259. The molecular weight excluding hydrogens is 341 g/mol. The summed E-state index contributed by atoms with van der Waals surface area (Å²) in [7, 11) is 0. The van der Waals surface area contributed by atoms with E-state index in [0.29, 0.717) is 19.6 Å². The summed E-state index contributed by atoms with van der Waals surface area (Å²) in [6.07, 6.45) is 2.74. The van der Waals surface area contributed by atoms with E-state index in [9.17, 15) is 4.39 Å². The van der Waals surface area contributed by atoms with Crippen LogP contribution < -0.4 is 15.4 Å². The van der Waals surface area contributed by atoms with Crippen molar-refractivity contribution in [2.24, 2.45) is 4.99 Å². The minimum Gasteiger partial charge on any atom is -0.467 e. The zero-order chi connectivity index (χ0) is 18.3. The van der Waals surface area contributed by atoms with Gasteiger partial charge in [0.15, 0.2) is 12.8 Å². The molecule has 1 aromatic rings. The summed E-state index contributed by atoms with van der Waals surface area (Å²) in [6.45, 7) is 9.14. The summed E-state index contributed by atoms with van der Waals surface area (Å²) < 4.78 is 24.7. The maximum Gasteiger partial charge on any atom is 0.191 e. The van der Waals surface area contributed by atoms with Crippen LogP contribution in [0.3, 0.4) is 0 Å². The molecule has 0 unspecified atom stereocenters. The highest BCUT2D eigenvalue weighted by atomic mass is 32.2. The van der Waals surface area contributed by atoms with Crippen molar-refractivity contribution in [1.29, 1.82) is 0 Å². The molecule has 0 aliphatic carbocycles. The smallest absolute Gasteiger partial charge is 0.191 e. The zero-order valence-corrected chi connectivity index (χ0v) is 16.3. The van der Waals surface area contributed by atoms with E-state index in [0.717, 1.165) is 35.9 Å². The van der Waals surface area contributed by atoms with Crippen LogP contribution in [0.2, 0.25) is 0 Å². The normalized spacial score (nSPS) is 14.7. The van der Waals surface area contributed by atoms with Crippen molar-refractivity contribution in [3.63, 3.8) is 0 Å². The second-order valence-corrected chi connectivity index (χ2v) is 8.01. The number of nitrogens with one attached hydrogen (secondary N) is 2. The van der Waals surface area contributed by atoms with E-state index in [1.807, 2.05) is 6.92 Å². The summed E-state index contributed by atoms with van der Waals surface area (Å²) >= 11 is 1.79. The first kappa shape index (κ1) is 19.8. The predicted octanol–water partition coefficient (Wildman–Crippen LogP) is 2.93. The molecule has 0 amide bonds. The summed E-state index contributed by atoms with van der Waals surface area (Å²) in [5.41, 5.74) is 1.62. The van der Waals surface area contributed by atoms with Crippen LogP contribution in [-0.4, -0.2) is 43.4 Å². The average Bonchev–Trinajstić information content (AvgIpc) is 2.59. The number of fused-ring (bicyclic) bond motifs is 1. The van der Waals surface area contributed by atoms with Crippen LogP contribution in [0, 0.1) is 5.82 Å². The third kappa shape index (κ3) is 6.08. The molecule has 25 heavy (non-hydrogen) atoms. The number of aliphatic imine (C=N–C) groups is 1. The Labute approximate surface area is 153 Å². The number of guanidine groups is 1. The Morgan fingerprint density at radius 1 is 1.36 bits per heavy atom. The van der Waals surface area contributed by atoms with E-state index in [4.69, 9.17) is 9.47 Å². The van der Waals surface area contributed by atoms with E-state index in [-0.39, 0.29) is 17.4 Å². The third-order valence-electron chi connectivity index (χ3n) is 3.95. The first-order valence-electron chi connectivity index (χ1n) is 8.54. The highest BCUT2D eigenvalue weighted by molar-refractivity contribution is 7.99. The van der Waals surface area contributed by atoms with Gasteiger partial charge < -0.3 is 20.1 Å². The Hall–Kier alpha value is -1.47. The van der Waals surface area contributed by atoms with Gasteiger partial charge in [-0.1, -0.05) is 0 Å². The van der Waals surface area contributed by atoms with E-state index in [1.165, 1.54) is 12.1 Å². The Kier molecular flexibility index (Phi) is 7.38. The fraction of sp³-hybridized carbons (Fsp3) is 0.611. The number of benzene rings is 1. The number of ether oxygens (including phenoxy) is 2. The van der Waals surface area contributed by atoms with Gasteiger partial charge in [-0.25, -0.2) is 4.39 Å². The molecule has 2 N–H and O–H groups in total. The van der Waals surface area contributed by atoms with Crippen LogP contribution in [0.5, 0.6) is 5.75 Å². The maximum atomic E-state index is 13.8. The zero-order valence-electron chi connectivity index (χ0n) is 15.4. The van der Waals surface area contributed by atoms with Crippen molar-refractivity contribution in [2.45, 2.75) is 38.5 Å². The van der Waals surface area contributed by atoms with Gasteiger partial charge >= 0.3 is 0 Å². The lowest BCUT2D eigenvalue weighted by Crippen LogP contribution is -2.39. The number of hydrogen-bond acceptors (Lipinski definition) is 4. The van der Waals surface area contributed by atoms with Crippen LogP contribution in [0.4, 0.5) is 4.39 Å². The van der Waals surface area contributed by atoms with Gasteiger partial charge in [-0.05, 0) is 51.1 Å². The van der Waals surface area contributed by atoms with Crippen LogP contribution >= 0.6 is 11.8 Å². The van der Waals surface area contributed by atoms with Crippen molar-refractivity contribution in [1.82, 2.24) is 10.6 Å². The summed E-state index contributed by atoms with van der Waals surface area (Å²) in [6, 6.07) is 3.01. The third-order valence-corrected chi connectivity index (χ3v) is 5.19. The molecule has 0 saturated heterocycles. The van der Waals surface area contributed by atoms with E-state index in [1.54, 1.807) is 11.8 Å². The number of rotatable bonds is 7. The molecule has 140 valence electrons. The van der Waals surface area contributed by atoms with E-state index in [2.05, 4.69) is 35.7 Å². The summed E-state index contributed by atoms with van der Waals surface area (Å²) in [5, 5.41) is 6.56. The largest absolute Gasteiger partial charge is 0.467 e. The molecule has 1 aliphatic heterocycles. The molecule has 0 fully saturated rings. The SMILES string of the molecule is CCNC(=NCC(C)(C)SC)NCCc1cc(F)cc2c1OCOC2. The molecule has 1 aliphatic rings. The van der Waals surface area contributed by atoms with Gasteiger partial charge in [0, 0.05) is 23.4 Å². The molecule has 1 heterocycles. The average molecular weight is 370 g/mol. The van der Waals surface area contributed by atoms with Crippen LogP contribution in [0.1, 0.15) is 31.9 Å². The maximum absolute atomic E-state index is 13.8. The van der Waals surface area contributed by atoms with Gasteiger partial charge in [-0.2, -0.15) is 11.8 Å². The number of hydrogen-bond donors (Lipinski definition) is 2. The molecule has 2 rings (SSSR count). The van der Waals surface area contributed by atoms with E-state index >= 15 is 0 Å². The fourth-order valence-electron chi connectivity index (χ4n) is 2.43. The fourth-order valence-corrected chi connectivity index (χ4v) is 2.63. The predicted molar refractivity (Wildman–Crippen MR) is 102 cm³/mol. The highest BCUT2D eigenvalue weighted by Gasteiger charge is 2.17. The molecule has 7 heteroatoms. The van der Waals surface area contributed by atoms with Crippen LogP contribution in [-0.2, 0) is 17.8 Å². The quantitative estimate of drug-likeness (QED) is 0.572. The van der Waals surface area contributed by atoms with Crippen molar-refractivity contribution in [3.05, 3.63) is 29.1 Å². The Balaban J connectivity index is 1.98. The van der Waals surface area contributed by atoms with Gasteiger partial charge in [0.1, 0.15) is 11.6 Å². The Morgan fingerprint density at radius 2 is 2.16 bits per heavy atom. The topological polar surface area (TPSA) is 54.9 Å². The molecule has 1 aromatic carbocycles. The highest BCUT2D eigenvalue weighted by Crippen LogP contribution is 2.29. The van der Waals surface area contributed by atoms with Gasteiger partial charge in [0.2, 0.25) is 0 Å². The summed E-state index contributed by atoms with van der Waals surface area (Å²) in [5.74, 6) is 1.27. The van der Waals surface area contributed by atoms with Crippen molar-refractivity contribution >= 4 is 17.7 Å². The molecule has 0 aromatic heterocycles. The molecule has 5 nitrogen and oxygen atoms in total. The number of thioether (sulfide) groups is 1. The van der Waals surface area contributed by atoms with Crippen LogP contribution in [0.25, 0.3) is 0 Å². The van der Waals surface area contributed by atoms with Gasteiger partial charge in [0.25, 0.3) is 0 Å². The van der Waals surface area contributed by atoms with Crippen molar-refractivity contribution < 1.29 is 13.9 Å². The second kappa shape index (κ2) is 9.29. The van der Waals surface area contributed by atoms with Gasteiger partial charge in [0.05, 0.1) is 13.2 Å². The molecule has 0 spiro atoms. The van der Waals surface area contributed by atoms with Gasteiger partial charge in [-0.3, -0.25) is 4.99 Å². The standard InChI is InChI=1S/C18H28FN3O2S/c1-5-20-17(22-11-18(2,3)25-4)21-7-6-13-8-15(19)9-14-10-23-12-24-16(13)14/h8-9H,5-7,10-12H2,1-4H3,(H2,20,21,22). The summed E-state index contributed by atoms with van der Waals surface area (Å²) in [4.78, 5) is 4.64. The van der Waals surface area contributed by atoms with Crippen LogP contribution in [0.15, 0.2) is 17.1 Å². The van der Waals surface area contributed by atoms with Crippen molar-refractivity contribution in [2.75, 3.05) is 32.7 Å². The molecule has 0 radical (unpaired) electrons. The lowest BCUT2D eigenvalue weighted by Gasteiger charge is -2.22. The monoisotopic (exact) mass is 369 g/mol. The molecule has 0 bridgehead atoms. The van der Waals surface area contributed by atoms with Gasteiger partial charge in [-0.15, -0.1) is 0 Å². The first-order chi connectivity index (χ1) is 11.9. The second-order valence-electron chi connectivity index (χ2n) is 6.50.